The third-order valence-corrected chi connectivity index (χ3v) is 3.52. The largest absolute Gasteiger partial charge is 2.00 e. The third kappa shape index (κ3) is 3.83. The van der Waals surface area contributed by atoms with E-state index in [2.05, 4.69) is 19.9 Å². The number of fused-ring (bicyclic) bond motifs is 3. The second kappa shape index (κ2) is 8.13. The number of hydrogen-bond acceptors (Lipinski definition) is 5. The van der Waals surface area contributed by atoms with Crippen LogP contribution in [0.2, 0.25) is 0 Å². The first-order valence-corrected chi connectivity index (χ1v) is 7.13. The summed E-state index contributed by atoms with van der Waals surface area (Å²) in [7, 11) is 0. The van der Waals surface area contributed by atoms with Gasteiger partial charge in [-0.15, -0.1) is 0 Å². The molecule has 4 aromatic rings. The predicted octanol–water partition coefficient (Wildman–Crippen LogP) is -0.382. The molecule has 0 atom stereocenters. The van der Waals surface area contributed by atoms with Crippen LogP contribution in [0.1, 0.15) is 5.69 Å². The Balaban J connectivity index is 0.00000113. The van der Waals surface area contributed by atoms with E-state index in [4.69, 9.17) is 0 Å². The number of halogens is 1. The summed E-state index contributed by atoms with van der Waals surface area (Å²) in [6, 6.07) is 16.6. The summed E-state index contributed by atoms with van der Waals surface area (Å²) in [5, 5.41) is 14.2. The minimum absolute atomic E-state index is 0. The predicted molar refractivity (Wildman–Crippen MR) is 87.5 cm³/mol. The molecule has 0 saturated carbocycles. The monoisotopic (exact) mass is 440 g/mol. The molecule has 0 aliphatic carbocycles. The van der Waals surface area contributed by atoms with Crippen molar-refractivity contribution >= 4 is 33.5 Å². The van der Waals surface area contributed by atoms with Crippen LogP contribution >= 0.6 is 0 Å². The minimum atomic E-state index is -0.418. The van der Waals surface area contributed by atoms with Crippen LogP contribution in [0.15, 0.2) is 72.0 Å². The molecule has 1 aromatic carbocycles. The van der Waals surface area contributed by atoms with Gasteiger partial charge in [-0.05, 0) is 24.3 Å². The van der Waals surface area contributed by atoms with Crippen molar-refractivity contribution in [1.29, 1.82) is 0 Å². The molecule has 0 saturated heterocycles. The Morgan fingerprint density at radius 1 is 0.800 bits per heavy atom. The Labute approximate surface area is 163 Å². The molecule has 0 aliphatic heterocycles. The molecule has 25 heavy (non-hydrogen) atoms. The van der Waals surface area contributed by atoms with Gasteiger partial charge in [-0.1, -0.05) is 30.3 Å². The number of aromatic nitrogens is 3. The van der Waals surface area contributed by atoms with Gasteiger partial charge in [0.25, 0.3) is 0 Å². The Hall–Kier alpha value is -2.39. The Morgan fingerprint density at radius 2 is 1.52 bits per heavy atom. The second-order valence-electron chi connectivity index (χ2n) is 5.01. The van der Waals surface area contributed by atoms with Crippen LogP contribution in [0.4, 0.5) is 5.82 Å². The van der Waals surface area contributed by atoms with E-state index in [1.807, 2.05) is 30.3 Å². The fraction of sp³-hybridized carbons (Fsp3) is 0. The molecule has 0 bridgehead atoms. The first kappa shape index (κ1) is 18.9. The molecule has 3 heterocycles. The van der Waals surface area contributed by atoms with Crippen molar-refractivity contribution in [2.75, 3.05) is 0 Å². The van der Waals surface area contributed by atoms with Gasteiger partial charge in [0.1, 0.15) is 0 Å². The van der Waals surface area contributed by atoms with Gasteiger partial charge in [-0.25, -0.2) is 15.0 Å². The first-order valence-electron chi connectivity index (χ1n) is 7.13. The zero-order valence-corrected chi connectivity index (χ0v) is 15.1. The van der Waals surface area contributed by atoms with E-state index in [1.54, 1.807) is 36.7 Å². The fourth-order valence-corrected chi connectivity index (χ4v) is 2.42. The quantitative estimate of drug-likeness (QED) is 0.184. The van der Waals surface area contributed by atoms with Crippen LogP contribution in [0.5, 0.6) is 0 Å². The molecule has 0 aliphatic rings. The molecule has 7 heteroatoms. The van der Waals surface area contributed by atoms with E-state index in [-0.39, 0.29) is 38.5 Å². The second-order valence-corrected chi connectivity index (χ2v) is 5.01. The van der Waals surface area contributed by atoms with Gasteiger partial charge in [-0.3, -0.25) is 4.98 Å². The Kier molecular flexibility index (Phi) is 6.16. The summed E-state index contributed by atoms with van der Waals surface area (Å²) in [5.74, 6) is -0.0472. The molecule has 0 N–H and O–H groups in total. The van der Waals surface area contributed by atoms with Crippen molar-refractivity contribution in [3.8, 4) is 0 Å². The van der Waals surface area contributed by atoms with Gasteiger partial charge in [0.2, 0.25) is 0 Å². The van der Waals surface area contributed by atoms with E-state index >= 15 is 0 Å². The van der Waals surface area contributed by atoms with Crippen LogP contribution in [-0.2, 0) is 20.4 Å². The maximum Gasteiger partial charge on any atom is 2.00 e. The van der Waals surface area contributed by atoms with Gasteiger partial charge in [0.15, 0.2) is 5.82 Å². The molecule has 126 valence electrons. The SMILES string of the molecule is [Cl-].[O-]/C(=N\c1ccccn1)c1ccc2ccc3cccnc3c2n1.[Pd+2]. The van der Waals surface area contributed by atoms with Crippen molar-refractivity contribution in [2.24, 2.45) is 4.99 Å². The maximum atomic E-state index is 12.3. The topological polar surface area (TPSA) is 74.1 Å². The van der Waals surface area contributed by atoms with Crippen molar-refractivity contribution in [1.82, 2.24) is 15.0 Å². The average molecular weight is 441 g/mol. The number of benzene rings is 1. The Bertz CT molecular complexity index is 1040. The van der Waals surface area contributed by atoms with Gasteiger partial charge < -0.3 is 17.5 Å². The number of nitrogens with zero attached hydrogens (tertiary/aromatic N) is 4. The van der Waals surface area contributed by atoms with E-state index in [0.29, 0.717) is 11.3 Å². The van der Waals surface area contributed by atoms with Crippen molar-refractivity contribution in [3.63, 3.8) is 0 Å². The summed E-state index contributed by atoms with van der Waals surface area (Å²) < 4.78 is 0. The van der Waals surface area contributed by atoms with Gasteiger partial charge in [0, 0.05) is 29.1 Å². The van der Waals surface area contributed by atoms with Gasteiger partial charge >= 0.3 is 20.4 Å². The fourth-order valence-electron chi connectivity index (χ4n) is 2.42. The minimum Gasteiger partial charge on any atom is -1.00 e. The average Bonchev–Trinajstić information content (AvgIpc) is 2.62. The summed E-state index contributed by atoms with van der Waals surface area (Å²) in [6.45, 7) is 0. The summed E-state index contributed by atoms with van der Waals surface area (Å²) in [4.78, 5) is 16.9. The smallest absolute Gasteiger partial charge is 1.00 e. The van der Waals surface area contributed by atoms with Crippen molar-refractivity contribution in [2.45, 2.75) is 0 Å². The van der Waals surface area contributed by atoms with Crippen molar-refractivity contribution in [3.05, 3.63) is 72.7 Å². The normalized spacial score (nSPS) is 11.0. The zero-order valence-electron chi connectivity index (χ0n) is 12.7. The molecule has 0 unspecified atom stereocenters. The van der Waals surface area contributed by atoms with Crippen LogP contribution in [-0.4, -0.2) is 20.8 Å². The van der Waals surface area contributed by atoms with Gasteiger partial charge in [-0.2, -0.15) is 0 Å². The molecule has 0 amide bonds. The number of hydrogen-bond donors (Lipinski definition) is 0. The molecule has 3 aromatic heterocycles. The maximum absolute atomic E-state index is 12.3. The molecule has 0 fully saturated rings. The van der Waals surface area contributed by atoms with E-state index in [1.165, 1.54) is 0 Å². The molecule has 0 radical (unpaired) electrons. The zero-order chi connectivity index (χ0) is 15.6. The third-order valence-electron chi connectivity index (χ3n) is 3.52. The van der Waals surface area contributed by atoms with Crippen LogP contribution in [0.25, 0.3) is 21.8 Å². The first-order chi connectivity index (χ1) is 11.3. The molecule has 4 rings (SSSR count). The summed E-state index contributed by atoms with van der Waals surface area (Å²) in [6.07, 6.45) is 3.31. The molecule has 0 spiro atoms. The summed E-state index contributed by atoms with van der Waals surface area (Å²) in [5.41, 5.74) is 1.75. The number of aliphatic imine (C=N–C) groups is 1. The van der Waals surface area contributed by atoms with E-state index < -0.39 is 5.90 Å². The standard InChI is InChI=1S/C18H12N4O.ClH.Pd/c23-18(22-15-5-1-2-10-19-15)14-9-8-13-7-6-12-4-3-11-20-16(12)17(13)21-14;;/h1-11H,(H,19,22,23);1H;/q;;+2/p-2. The number of rotatable bonds is 2. The Morgan fingerprint density at radius 3 is 2.28 bits per heavy atom. The number of pyridine rings is 3. The van der Waals surface area contributed by atoms with E-state index in [9.17, 15) is 5.11 Å². The molecule has 5 nitrogen and oxygen atoms in total. The van der Waals surface area contributed by atoms with Crippen LogP contribution < -0.4 is 17.5 Å². The summed E-state index contributed by atoms with van der Waals surface area (Å²) >= 11 is 0. The molecular formula is C18H11ClN4OPd. The molecular weight excluding hydrogens is 430 g/mol. The van der Waals surface area contributed by atoms with Crippen LogP contribution in [0, 0.1) is 0 Å². The van der Waals surface area contributed by atoms with E-state index in [0.717, 1.165) is 16.3 Å². The van der Waals surface area contributed by atoms with Crippen molar-refractivity contribution < 1.29 is 37.9 Å². The van der Waals surface area contributed by atoms with Crippen LogP contribution in [0.3, 0.4) is 0 Å². The van der Waals surface area contributed by atoms with Gasteiger partial charge in [0.05, 0.1) is 16.7 Å².